The summed E-state index contributed by atoms with van der Waals surface area (Å²) in [5.41, 5.74) is 2.74. The smallest absolute Gasteiger partial charge is 0.0393 e. The first-order valence-corrected chi connectivity index (χ1v) is 5.25. The maximum atomic E-state index is 4.22. The van der Waals surface area contributed by atoms with Gasteiger partial charge in [-0.1, -0.05) is 18.2 Å². The molecule has 0 spiro atoms. The zero-order valence-electron chi connectivity index (χ0n) is 8.33. The molecule has 0 aliphatic rings. The third kappa shape index (κ3) is 2.96. The quantitative estimate of drug-likeness (QED) is 0.723. The second kappa shape index (κ2) is 5.18. The summed E-state index contributed by atoms with van der Waals surface area (Å²) in [6, 6.07) is 8.53. The Labute approximate surface area is 86.2 Å². The molecule has 0 atom stereocenters. The fourth-order valence-electron chi connectivity index (χ4n) is 1.43. The lowest BCUT2D eigenvalue weighted by atomic mass is 10.1. The van der Waals surface area contributed by atoms with Crippen molar-refractivity contribution in [3.05, 3.63) is 29.8 Å². The molecule has 0 unspecified atom stereocenters. The van der Waals surface area contributed by atoms with Crippen molar-refractivity contribution in [1.29, 1.82) is 0 Å². The highest BCUT2D eigenvalue weighted by atomic mass is 32.1. The number of anilines is 1. The van der Waals surface area contributed by atoms with E-state index in [0.29, 0.717) is 0 Å². The Balaban J connectivity index is 2.78. The second-order valence-corrected chi connectivity index (χ2v) is 3.80. The molecule has 0 bridgehead atoms. The molecule has 0 heterocycles. The minimum atomic E-state index is 0.960. The molecule has 0 aliphatic carbocycles. The SMILES string of the molecule is CN(C)c1ccccc1CCCS. The normalized spacial score (nSPS) is 10.1. The number of benzene rings is 1. The molecular formula is C11H17NS. The average molecular weight is 195 g/mol. The molecule has 2 heteroatoms. The summed E-state index contributed by atoms with van der Waals surface area (Å²) in [5, 5.41) is 0. The van der Waals surface area contributed by atoms with Crippen LogP contribution < -0.4 is 4.90 Å². The largest absolute Gasteiger partial charge is 0.377 e. The first-order valence-electron chi connectivity index (χ1n) is 4.62. The topological polar surface area (TPSA) is 3.24 Å². The molecule has 72 valence electrons. The second-order valence-electron chi connectivity index (χ2n) is 3.35. The summed E-state index contributed by atoms with van der Waals surface area (Å²) >= 11 is 4.22. The number of para-hydroxylation sites is 1. The molecule has 0 saturated heterocycles. The van der Waals surface area contributed by atoms with E-state index in [2.05, 4.69) is 55.9 Å². The van der Waals surface area contributed by atoms with Crippen LogP contribution in [0.1, 0.15) is 12.0 Å². The number of aryl methyl sites for hydroxylation is 1. The zero-order valence-corrected chi connectivity index (χ0v) is 9.22. The lowest BCUT2D eigenvalue weighted by molar-refractivity contribution is 0.925. The summed E-state index contributed by atoms with van der Waals surface area (Å²) in [5.74, 6) is 0.960. The van der Waals surface area contributed by atoms with E-state index in [1.165, 1.54) is 11.3 Å². The Hall–Kier alpha value is -0.630. The van der Waals surface area contributed by atoms with Crippen LogP contribution in [0, 0.1) is 0 Å². The average Bonchev–Trinajstić information content (AvgIpc) is 2.15. The summed E-state index contributed by atoms with van der Waals surface area (Å²) in [6.45, 7) is 0. The van der Waals surface area contributed by atoms with E-state index in [4.69, 9.17) is 0 Å². The molecule has 0 aromatic heterocycles. The van der Waals surface area contributed by atoms with Crippen LogP contribution >= 0.6 is 12.6 Å². The summed E-state index contributed by atoms with van der Waals surface area (Å²) in [7, 11) is 4.17. The highest BCUT2D eigenvalue weighted by molar-refractivity contribution is 7.80. The van der Waals surface area contributed by atoms with Crippen molar-refractivity contribution in [2.75, 3.05) is 24.7 Å². The van der Waals surface area contributed by atoms with Crippen molar-refractivity contribution in [3.8, 4) is 0 Å². The van der Waals surface area contributed by atoms with Crippen molar-refractivity contribution in [3.63, 3.8) is 0 Å². The van der Waals surface area contributed by atoms with Gasteiger partial charge in [-0.05, 0) is 30.2 Å². The lowest BCUT2D eigenvalue weighted by Gasteiger charge is -2.16. The van der Waals surface area contributed by atoms with Crippen molar-refractivity contribution in [2.45, 2.75) is 12.8 Å². The first-order chi connectivity index (χ1) is 6.25. The minimum absolute atomic E-state index is 0.960. The van der Waals surface area contributed by atoms with E-state index >= 15 is 0 Å². The third-order valence-electron chi connectivity index (χ3n) is 2.08. The number of hydrogen-bond acceptors (Lipinski definition) is 2. The van der Waals surface area contributed by atoms with Gasteiger partial charge in [-0.25, -0.2) is 0 Å². The van der Waals surface area contributed by atoms with E-state index in [1.807, 2.05) is 0 Å². The van der Waals surface area contributed by atoms with Crippen LogP contribution in [0.4, 0.5) is 5.69 Å². The summed E-state index contributed by atoms with van der Waals surface area (Å²) in [4.78, 5) is 2.16. The van der Waals surface area contributed by atoms with E-state index in [9.17, 15) is 0 Å². The molecule has 0 amide bonds. The van der Waals surface area contributed by atoms with E-state index < -0.39 is 0 Å². The Morgan fingerprint density at radius 1 is 1.23 bits per heavy atom. The van der Waals surface area contributed by atoms with Crippen LogP contribution in [0.25, 0.3) is 0 Å². The van der Waals surface area contributed by atoms with Crippen molar-refractivity contribution >= 4 is 18.3 Å². The Morgan fingerprint density at radius 2 is 1.92 bits per heavy atom. The highest BCUT2D eigenvalue weighted by Crippen LogP contribution is 2.19. The molecular weight excluding hydrogens is 178 g/mol. The molecule has 1 rings (SSSR count). The molecule has 1 aromatic rings. The number of hydrogen-bond donors (Lipinski definition) is 1. The maximum Gasteiger partial charge on any atom is 0.0393 e. The maximum absolute atomic E-state index is 4.22. The van der Waals surface area contributed by atoms with Gasteiger partial charge in [0.2, 0.25) is 0 Å². The van der Waals surface area contributed by atoms with Gasteiger partial charge in [-0.2, -0.15) is 12.6 Å². The van der Waals surface area contributed by atoms with Crippen LogP contribution in [0.3, 0.4) is 0 Å². The van der Waals surface area contributed by atoms with Gasteiger partial charge in [0.15, 0.2) is 0 Å². The van der Waals surface area contributed by atoms with Gasteiger partial charge in [0.05, 0.1) is 0 Å². The zero-order chi connectivity index (χ0) is 9.68. The van der Waals surface area contributed by atoms with E-state index in [0.717, 1.165) is 18.6 Å². The third-order valence-corrected chi connectivity index (χ3v) is 2.39. The first kappa shape index (κ1) is 10.5. The molecule has 1 nitrogen and oxygen atoms in total. The Bertz CT molecular complexity index is 258. The van der Waals surface area contributed by atoms with Crippen LogP contribution in [0.15, 0.2) is 24.3 Å². The predicted octanol–water partition coefficient (Wildman–Crippen LogP) is 2.62. The number of thiol groups is 1. The van der Waals surface area contributed by atoms with Gasteiger partial charge in [0, 0.05) is 19.8 Å². The van der Waals surface area contributed by atoms with Crippen LogP contribution in [-0.2, 0) is 6.42 Å². The summed E-state index contributed by atoms with van der Waals surface area (Å²) < 4.78 is 0. The predicted molar refractivity (Wildman–Crippen MR) is 62.9 cm³/mol. The summed E-state index contributed by atoms with van der Waals surface area (Å²) in [6.07, 6.45) is 2.27. The minimum Gasteiger partial charge on any atom is -0.377 e. The number of nitrogens with zero attached hydrogens (tertiary/aromatic N) is 1. The standard InChI is InChI=1S/C11H17NS/c1-12(2)11-8-4-3-6-10(11)7-5-9-13/h3-4,6,8,13H,5,7,9H2,1-2H3. The molecule has 0 aliphatic heterocycles. The van der Waals surface area contributed by atoms with Crippen molar-refractivity contribution < 1.29 is 0 Å². The number of rotatable bonds is 4. The van der Waals surface area contributed by atoms with E-state index in [-0.39, 0.29) is 0 Å². The highest BCUT2D eigenvalue weighted by Gasteiger charge is 2.01. The van der Waals surface area contributed by atoms with Crippen LogP contribution in [-0.4, -0.2) is 19.8 Å². The monoisotopic (exact) mass is 195 g/mol. The van der Waals surface area contributed by atoms with Gasteiger partial charge in [0.1, 0.15) is 0 Å². The molecule has 0 fully saturated rings. The molecule has 0 saturated carbocycles. The molecule has 0 N–H and O–H groups in total. The van der Waals surface area contributed by atoms with Gasteiger partial charge in [-0.15, -0.1) is 0 Å². The fraction of sp³-hybridized carbons (Fsp3) is 0.455. The molecule has 1 aromatic carbocycles. The van der Waals surface area contributed by atoms with Gasteiger partial charge >= 0.3 is 0 Å². The fourth-order valence-corrected chi connectivity index (χ4v) is 1.59. The molecule has 0 radical (unpaired) electrons. The van der Waals surface area contributed by atoms with Crippen LogP contribution in [0.2, 0.25) is 0 Å². The van der Waals surface area contributed by atoms with Crippen molar-refractivity contribution in [1.82, 2.24) is 0 Å². The lowest BCUT2D eigenvalue weighted by Crippen LogP contribution is -2.11. The van der Waals surface area contributed by atoms with Gasteiger partial charge in [-0.3, -0.25) is 0 Å². The van der Waals surface area contributed by atoms with Crippen molar-refractivity contribution in [2.24, 2.45) is 0 Å². The van der Waals surface area contributed by atoms with E-state index in [1.54, 1.807) is 0 Å². The Morgan fingerprint density at radius 3 is 2.54 bits per heavy atom. The van der Waals surface area contributed by atoms with Crippen LogP contribution in [0.5, 0.6) is 0 Å². The van der Waals surface area contributed by atoms with Gasteiger partial charge < -0.3 is 4.90 Å². The molecule has 13 heavy (non-hydrogen) atoms. The Kier molecular flexibility index (Phi) is 4.16. The van der Waals surface area contributed by atoms with Gasteiger partial charge in [0.25, 0.3) is 0 Å².